The molecule has 0 atom stereocenters. The molecule has 2 aromatic rings. The van der Waals surface area contributed by atoms with Crippen molar-refractivity contribution in [3.63, 3.8) is 0 Å². The maximum Gasteiger partial charge on any atom is 0.277 e. The lowest BCUT2D eigenvalue weighted by molar-refractivity contribution is -0.123. The highest BCUT2D eigenvalue weighted by Crippen LogP contribution is 2.41. The molecule has 8 heteroatoms. The summed E-state index contributed by atoms with van der Waals surface area (Å²) in [7, 11) is 4.61. The maximum atomic E-state index is 12.0. The molecule has 0 aliphatic carbocycles. The number of carbonyl (C=O) groups excluding carboxylic acids is 1. The van der Waals surface area contributed by atoms with Crippen molar-refractivity contribution < 1.29 is 23.4 Å². The fourth-order valence-electron chi connectivity index (χ4n) is 1.93. The molecule has 25 heavy (non-hydrogen) atoms. The number of methoxy groups -OCH3 is 3. The highest BCUT2D eigenvalue weighted by molar-refractivity contribution is 7.99. The Bertz CT molecular complexity index is 727. The number of Topliss-reactive ketones (excluding diaryl/α,β-unsaturated/α-hetero) is 1. The van der Waals surface area contributed by atoms with Gasteiger partial charge < -0.3 is 18.6 Å². The third-order valence-electron chi connectivity index (χ3n) is 3.48. The standard InChI is InChI=1S/C17H22N2O5S/c1-17(2,3)13(20)9-25-16-19-18-15(24-16)10-7-11(21-4)14(23-6)12(8-10)22-5/h7-8H,9H2,1-6H3. The summed E-state index contributed by atoms with van der Waals surface area (Å²) >= 11 is 1.22. The third kappa shape index (κ3) is 4.45. The Morgan fingerprint density at radius 3 is 2.16 bits per heavy atom. The highest BCUT2D eigenvalue weighted by Gasteiger charge is 2.22. The van der Waals surface area contributed by atoms with Crippen LogP contribution in [0.1, 0.15) is 20.8 Å². The van der Waals surface area contributed by atoms with Gasteiger partial charge in [0.2, 0.25) is 11.6 Å². The quantitative estimate of drug-likeness (QED) is 0.689. The van der Waals surface area contributed by atoms with Crippen molar-refractivity contribution in [1.82, 2.24) is 10.2 Å². The van der Waals surface area contributed by atoms with Crippen LogP contribution in [0.15, 0.2) is 21.8 Å². The zero-order chi connectivity index (χ0) is 18.6. The van der Waals surface area contributed by atoms with Gasteiger partial charge in [-0.25, -0.2) is 0 Å². The zero-order valence-electron chi connectivity index (χ0n) is 15.2. The maximum absolute atomic E-state index is 12.0. The van der Waals surface area contributed by atoms with Crippen LogP contribution in [0.4, 0.5) is 0 Å². The number of aromatic nitrogens is 2. The van der Waals surface area contributed by atoms with E-state index in [1.807, 2.05) is 20.8 Å². The summed E-state index contributed by atoms with van der Waals surface area (Å²) in [6, 6.07) is 3.45. The van der Waals surface area contributed by atoms with Crippen LogP contribution in [0.2, 0.25) is 0 Å². The first-order chi connectivity index (χ1) is 11.8. The lowest BCUT2D eigenvalue weighted by Crippen LogP contribution is -2.21. The lowest BCUT2D eigenvalue weighted by Gasteiger charge is -2.14. The van der Waals surface area contributed by atoms with Gasteiger partial charge in [-0.05, 0) is 12.1 Å². The van der Waals surface area contributed by atoms with Gasteiger partial charge in [0.25, 0.3) is 5.22 Å². The van der Waals surface area contributed by atoms with Crippen molar-refractivity contribution in [2.24, 2.45) is 5.41 Å². The van der Waals surface area contributed by atoms with Crippen molar-refractivity contribution in [1.29, 1.82) is 0 Å². The second kappa shape index (κ2) is 7.77. The molecule has 136 valence electrons. The number of thioether (sulfide) groups is 1. The molecule has 0 aliphatic heterocycles. The third-order valence-corrected chi connectivity index (χ3v) is 4.30. The van der Waals surface area contributed by atoms with Gasteiger partial charge in [-0.2, -0.15) is 0 Å². The molecule has 0 fully saturated rings. The van der Waals surface area contributed by atoms with Gasteiger partial charge in [0, 0.05) is 11.0 Å². The van der Waals surface area contributed by atoms with Gasteiger partial charge >= 0.3 is 0 Å². The van der Waals surface area contributed by atoms with E-state index in [1.165, 1.54) is 33.1 Å². The molecule has 0 spiro atoms. The lowest BCUT2D eigenvalue weighted by atomic mass is 9.92. The van der Waals surface area contributed by atoms with E-state index in [1.54, 1.807) is 12.1 Å². The van der Waals surface area contributed by atoms with Gasteiger partial charge in [-0.1, -0.05) is 32.5 Å². The Balaban J connectivity index is 2.23. The van der Waals surface area contributed by atoms with E-state index in [0.717, 1.165) is 0 Å². The average Bonchev–Trinajstić information content (AvgIpc) is 3.06. The number of nitrogens with zero attached hydrogens (tertiary/aromatic N) is 2. The van der Waals surface area contributed by atoms with E-state index in [0.29, 0.717) is 33.9 Å². The van der Waals surface area contributed by atoms with Crippen molar-refractivity contribution >= 4 is 17.5 Å². The van der Waals surface area contributed by atoms with Crippen molar-refractivity contribution in [2.45, 2.75) is 26.0 Å². The van der Waals surface area contributed by atoms with Crippen LogP contribution in [0, 0.1) is 5.41 Å². The molecule has 0 saturated carbocycles. The molecular weight excluding hydrogens is 344 g/mol. The number of carbonyl (C=O) groups is 1. The molecule has 0 aliphatic rings. The van der Waals surface area contributed by atoms with E-state index in [4.69, 9.17) is 18.6 Å². The molecule has 0 N–H and O–H groups in total. The number of hydrogen-bond acceptors (Lipinski definition) is 8. The molecular formula is C17H22N2O5S. The first kappa shape index (κ1) is 19.1. The molecule has 0 unspecified atom stereocenters. The van der Waals surface area contributed by atoms with Gasteiger partial charge in [0.15, 0.2) is 11.5 Å². The van der Waals surface area contributed by atoms with Crippen LogP contribution in [-0.4, -0.2) is 43.1 Å². The molecule has 0 saturated heterocycles. The molecule has 1 heterocycles. The summed E-state index contributed by atoms with van der Waals surface area (Å²) in [6.45, 7) is 5.64. The zero-order valence-corrected chi connectivity index (χ0v) is 16.0. The Morgan fingerprint density at radius 2 is 1.68 bits per heavy atom. The second-order valence-electron chi connectivity index (χ2n) is 6.25. The van der Waals surface area contributed by atoms with Gasteiger partial charge in [0.1, 0.15) is 5.78 Å². The molecule has 0 bridgehead atoms. The predicted octanol–water partition coefficient (Wildman–Crippen LogP) is 3.47. The normalized spacial score (nSPS) is 11.3. The largest absolute Gasteiger partial charge is 0.493 e. The van der Waals surface area contributed by atoms with Crippen LogP contribution < -0.4 is 14.2 Å². The summed E-state index contributed by atoms with van der Waals surface area (Å²) in [4.78, 5) is 12.0. The molecule has 1 aromatic carbocycles. The van der Waals surface area contributed by atoms with E-state index >= 15 is 0 Å². The number of ether oxygens (including phenoxy) is 3. The van der Waals surface area contributed by atoms with E-state index < -0.39 is 5.41 Å². The second-order valence-corrected chi connectivity index (χ2v) is 7.18. The van der Waals surface area contributed by atoms with Crippen LogP contribution in [0.25, 0.3) is 11.5 Å². The smallest absolute Gasteiger partial charge is 0.277 e. The van der Waals surface area contributed by atoms with Crippen LogP contribution in [-0.2, 0) is 4.79 Å². The average molecular weight is 366 g/mol. The monoisotopic (exact) mass is 366 g/mol. The molecule has 0 amide bonds. The van der Waals surface area contributed by atoms with Crippen molar-refractivity contribution in [3.05, 3.63) is 12.1 Å². The van der Waals surface area contributed by atoms with Crippen molar-refractivity contribution in [2.75, 3.05) is 27.1 Å². The summed E-state index contributed by atoms with van der Waals surface area (Å²) in [5.74, 6) is 2.17. The van der Waals surface area contributed by atoms with E-state index in [9.17, 15) is 4.79 Å². The van der Waals surface area contributed by atoms with Crippen LogP contribution in [0.5, 0.6) is 17.2 Å². The van der Waals surface area contributed by atoms with E-state index in [2.05, 4.69) is 10.2 Å². The summed E-state index contributed by atoms with van der Waals surface area (Å²) in [5.41, 5.74) is 0.239. The number of benzene rings is 1. The minimum absolute atomic E-state index is 0.116. The Kier molecular flexibility index (Phi) is 5.94. The fraction of sp³-hybridized carbons (Fsp3) is 0.471. The van der Waals surface area contributed by atoms with Gasteiger partial charge in [0.05, 0.1) is 27.1 Å². The summed E-state index contributed by atoms with van der Waals surface area (Å²) < 4.78 is 21.6. The van der Waals surface area contributed by atoms with Gasteiger partial charge in [-0.3, -0.25) is 4.79 Å². The minimum Gasteiger partial charge on any atom is -0.493 e. The first-order valence-electron chi connectivity index (χ1n) is 7.60. The number of hydrogen-bond donors (Lipinski definition) is 0. The minimum atomic E-state index is -0.396. The van der Waals surface area contributed by atoms with Crippen molar-refractivity contribution in [3.8, 4) is 28.7 Å². The van der Waals surface area contributed by atoms with Crippen LogP contribution in [0.3, 0.4) is 0 Å². The SMILES string of the molecule is COc1cc(-c2nnc(SCC(=O)C(C)(C)C)o2)cc(OC)c1OC. The molecule has 0 radical (unpaired) electrons. The predicted molar refractivity (Wildman–Crippen MR) is 94.6 cm³/mol. The number of rotatable bonds is 7. The Labute approximate surface area is 151 Å². The first-order valence-corrected chi connectivity index (χ1v) is 8.58. The number of ketones is 1. The van der Waals surface area contributed by atoms with E-state index in [-0.39, 0.29) is 11.5 Å². The molecule has 1 aromatic heterocycles. The Hall–Kier alpha value is -2.22. The fourth-order valence-corrected chi connectivity index (χ4v) is 2.86. The summed E-state index contributed by atoms with van der Waals surface area (Å²) in [5, 5.41) is 8.35. The van der Waals surface area contributed by atoms with Crippen LogP contribution >= 0.6 is 11.8 Å². The highest BCUT2D eigenvalue weighted by atomic mass is 32.2. The topological polar surface area (TPSA) is 83.7 Å². The molecule has 2 rings (SSSR count). The Morgan fingerprint density at radius 1 is 1.08 bits per heavy atom. The molecule has 7 nitrogen and oxygen atoms in total. The van der Waals surface area contributed by atoms with Gasteiger partial charge in [-0.15, -0.1) is 10.2 Å². The summed E-state index contributed by atoms with van der Waals surface area (Å²) in [6.07, 6.45) is 0.